The molecule has 2 heterocycles. The quantitative estimate of drug-likeness (QED) is 0.837. The molecule has 1 amide bonds. The van der Waals surface area contributed by atoms with Gasteiger partial charge < -0.3 is 9.64 Å². The molecule has 0 radical (unpaired) electrons. The summed E-state index contributed by atoms with van der Waals surface area (Å²) in [5, 5.41) is 4.73. The first-order chi connectivity index (χ1) is 9.91. The predicted molar refractivity (Wildman–Crippen MR) is 82.2 cm³/mol. The average Bonchev–Trinajstić information content (AvgIpc) is 2.83. The van der Waals surface area contributed by atoms with Crippen LogP contribution in [-0.2, 0) is 29.0 Å². The van der Waals surface area contributed by atoms with Crippen molar-refractivity contribution in [3.8, 4) is 0 Å². The summed E-state index contributed by atoms with van der Waals surface area (Å²) in [6, 6.07) is 0.586. The fourth-order valence-electron chi connectivity index (χ4n) is 2.65. The fraction of sp³-hybridized carbons (Fsp3) is 0.750. The highest BCUT2D eigenvalue weighted by atomic mass is 16.5. The normalized spacial score (nSPS) is 14.6. The Labute approximate surface area is 127 Å². The van der Waals surface area contributed by atoms with Crippen LogP contribution in [0.5, 0.6) is 0 Å². The molecule has 5 heteroatoms. The Kier molecular flexibility index (Phi) is 5.04. The van der Waals surface area contributed by atoms with Gasteiger partial charge in [-0.15, -0.1) is 0 Å². The minimum atomic E-state index is 0.176. The van der Waals surface area contributed by atoms with Crippen molar-refractivity contribution in [2.45, 2.75) is 65.6 Å². The van der Waals surface area contributed by atoms with Gasteiger partial charge in [-0.2, -0.15) is 5.10 Å². The standard InChI is InChI=1S/C16H27N3O2/c1-11(2)18(5)16(20)7-6-14-13-10-21-9-8-15(13)19(17-14)12(3)4/h11-12H,6-10H2,1-5H3. The maximum Gasteiger partial charge on any atom is 0.222 e. The van der Waals surface area contributed by atoms with Crippen LogP contribution in [0.25, 0.3) is 0 Å². The number of hydrogen-bond acceptors (Lipinski definition) is 3. The molecule has 118 valence electrons. The number of rotatable bonds is 5. The van der Waals surface area contributed by atoms with Crippen LogP contribution in [0, 0.1) is 0 Å². The van der Waals surface area contributed by atoms with Gasteiger partial charge in [0.15, 0.2) is 0 Å². The minimum absolute atomic E-state index is 0.176. The van der Waals surface area contributed by atoms with Gasteiger partial charge in [0.05, 0.1) is 18.9 Å². The summed E-state index contributed by atoms with van der Waals surface area (Å²) in [7, 11) is 1.86. The summed E-state index contributed by atoms with van der Waals surface area (Å²) in [5.74, 6) is 0.176. The van der Waals surface area contributed by atoms with Gasteiger partial charge in [-0.25, -0.2) is 0 Å². The van der Waals surface area contributed by atoms with Crippen molar-refractivity contribution in [1.29, 1.82) is 0 Å². The van der Waals surface area contributed by atoms with E-state index in [1.807, 2.05) is 20.9 Å². The monoisotopic (exact) mass is 293 g/mol. The molecule has 0 saturated heterocycles. The number of nitrogens with zero attached hydrogens (tertiary/aromatic N) is 3. The van der Waals surface area contributed by atoms with Gasteiger partial charge in [0.2, 0.25) is 5.91 Å². The lowest BCUT2D eigenvalue weighted by atomic mass is 10.1. The Morgan fingerprint density at radius 1 is 1.38 bits per heavy atom. The van der Waals surface area contributed by atoms with E-state index in [-0.39, 0.29) is 11.9 Å². The van der Waals surface area contributed by atoms with Gasteiger partial charge >= 0.3 is 0 Å². The number of aryl methyl sites for hydroxylation is 1. The van der Waals surface area contributed by atoms with Crippen molar-refractivity contribution < 1.29 is 9.53 Å². The third-order valence-corrected chi connectivity index (χ3v) is 4.16. The van der Waals surface area contributed by atoms with Crippen molar-refractivity contribution in [2.75, 3.05) is 13.7 Å². The highest BCUT2D eigenvalue weighted by molar-refractivity contribution is 5.76. The number of aromatic nitrogens is 2. The molecule has 1 aromatic heterocycles. The molecule has 0 unspecified atom stereocenters. The van der Waals surface area contributed by atoms with Crippen molar-refractivity contribution in [2.24, 2.45) is 0 Å². The molecule has 0 aromatic carbocycles. The largest absolute Gasteiger partial charge is 0.376 e. The molecule has 0 aliphatic carbocycles. The lowest BCUT2D eigenvalue weighted by molar-refractivity contribution is -0.131. The van der Waals surface area contributed by atoms with Crippen molar-refractivity contribution in [1.82, 2.24) is 14.7 Å². The molecular formula is C16H27N3O2. The Morgan fingerprint density at radius 2 is 2.10 bits per heavy atom. The van der Waals surface area contributed by atoms with Crippen molar-refractivity contribution in [3.63, 3.8) is 0 Å². The smallest absolute Gasteiger partial charge is 0.222 e. The molecule has 1 aliphatic rings. The van der Waals surface area contributed by atoms with Crippen LogP contribution in [0.4, 0.5) is 0 Å². The van der Waals surface area contributed by atoms with Crippen molar-refractivity contribution in [3.05, 3.63) is 17.0 Å². The lowest BCUT2D eigenvalue weighted by Gasteiger charge is -2.21. The Morgan fingerprint density at radius 3 is 2.71 bits per heavy atom. The molecule has 0 bridgehead atoms. The second-order valence-electron chi connectivity index (χ2n) is 6.31. The van der Waals surface area contributed by atoms with E-state index in [4.69, 9.17) is 9.84 Å². The van der Waals surface area contributed by atoms with E-state index in [1.54, 1.807) is 4.90 Å². The Balaban J connectivity index is 2.12. The average molecular weight is 293 g/mol. The van der Waals surface area contributed by atoms with E-state index in [0.29, 0.717) is 25.5 Å². The molecule has 0 fully saturated rings. The van der Waals surface area contributed by atoms with Gasteiger partial charge in [0.25, 0.3) is 0 Å². The van der Waals surface area contributed by atoms with E-state index < -0.39 is 0 Å². The first-order valence-corrected chi connectivity index (χ1v) is 7.84. The maximum absolute atomic E-state index is 12.1. The summed E-state index contributed by atoms with van der Waals surface area (Å²) in [5.41, 5.74) is 3.52. The predicted octanol–water partition coefficient (Wildman–Crippen LogP) is 2.34. The van der Waals surface area contributed by atoms with Crippen LogP contribution < -0.4 is 0 Å². The number of fused-ring (bicyclic) bond motifs is 1. The number of carbonyl (C=O) groups excluding carboxylic acids is 1. The summed E-state index contributed by atoms with van der Waals surface area (Å²) >= 11 is 0. The summed E-state index contributed by atoms with van der Waals surface area (Å²) in [6.07, 6.45) is 2.12. The van der Waals surface area contributed by atoms with Gasteiger partial charge in [-0.05, 0) is 27.7 Å². The van der Waals surface area contributed by atoms with Crippen LogP contribution in [0.1, 0.15) is 57.1 Å². The molecule has 0 saturated carbocycles. The van der Waals surface area contributed by atoms with Gasteiger partial charge in [-0.3, -0.25) is 9.48 Å². The molecule has 1 aromatic rings. The molecular weight excluding hydrogens is 266 g/mol. The zero-order valence-electron chi connectivity index (χ0n) is 13.8. The second-order valence-corrected chi connectivity index (χ2v) is 6.31. The van der Waals surface area contributed by atoms with Gasteiger partial charge in [0, 0.05) is 49.7 Å². The molecule has 0 N–H and O–H groups in total. The number of carbonyl (C=O) groups is 1. The van der Waals surface area contributed by atoms with E-state index in [0.717, 1.165) is 18.7 Å². The SMILES string of the molecule is CC(C)N(C)C(=O)CCc1nn(C(C)C)c2c1COCC2. The second kappa shape index (κ2) is 6.60. The van der Waals surface area contributed by atoms with Crippen LogP contribution in [0.2, 0.25) is 0 Å². The minimum Gasteiger partial charge on any atom is -0.376 e. The Bertz CT molecular complexity index is 506. The van der Waals surface area contributed by atoms with Crippen molar-refractivity contribution >= 4 is 5.91 Å². The fourth-order valence-corrected chi connectivity index (χ4v) is 2.65. The highest BCUT2D eigenvalue weighted by Gasteiger charge is 2.23. The van der Waals surface area contributed by atoms with Crippen LogP contribution in [0.3, 0.4) is 0 Å². The van der Waals surface area contributed by atoms with Gasteiger partial charge in [0.1, 0.15) is 0 Å². The molecule has 0 atom stereocenters. The van der Waals surface area contributed by atoms with Crippen LogP contribution in [-0.4, -0.2) is 40.3 Å². The van der Waals surface area contributed by atoms with E-state index in [1.165, 1.54) is 11.3 Å². The number of ether oxygens (including phenoxy) is 1. The Hall–Kier alpha value is -1.36. The van der Waals surface area contributed by atoms with Crippen LogP contribution >= 0.6 is 0 Å². The topological polar surface area (TPSA) is 47.4 Å². The summed E-state index contributed by atoms with van der Waals surface area (Å²) < 4.78 is 7.67. The number of hydrogen-bond donors (Lipinski definition) is 0. The highest BCUT2D eigenvalue weighted by Crippen LogP contribution is 2.24. The van der Waals surface area contributed by atoms with E-state index >= 15 is 0 Å². The lowest BCUT2D eigenvalue weighted by Crippen LogP contribution is -2.33. The first-order valence-electron chi connectivity index (χ1n) is 7.84. The molecule has 1 aliphatic heterocycles. The molecule has 21 heavy (non-hydrogen) atoms. The summed E-state index contributed by atoms with van der Waals surface area (Å²) in [4.78, 5) is 13.9. The first kappa shape index (κ1) is 16.0. The number of amides is 1. The van der Waals surface area contributed by atoms with E-state index in [2.05, 4.69) is 18.5 Å². The van der Waals surface area contributed by atoms with Crippen LogP contribution in [0.15, 0.2) is 0 Å². The third-order valence-electron chi connectivity index (χ3n) is 4.16. The van der Waals surface area contributed by atoms with E-state index in [9.17, 15) is 4.79 Å². The zero-order valence-corrected chi connectivity index (χ0v) is 13.8. The maximum atomic E-state index is 12.1. The molecule has 0 spiro atoms. The van der Waals surface area contributed by atoms with Gasteiger partial charge in [-0.1, -0.05) is 0 Å². The zero-order chi connectivity index (χ0) is 15.6. The molecule has 2 rings (SSSR count). The third kappa shape index (κ3) is 3.46. The summed E-state index contributed by atoms with van der Waals surface area (Å²) in [6.45, 7) is 9.74. The molecule has 5 nitrogen and oxygen atoms in total.